The van der Waals surface area contributed by atoms with Gasteiger partial charge in [-0.15, -0.1) is 0 Å². The lowest BCUT2D eigenvalue weighted by Gasteiger charge is -1.98. The summed E-state index contributed by atoms with van der Waals surface area (Å²) in [5.74, 6) is -0.411. The van der Waals surface area contributed by atoms with Crippen molar-refractivity contribution in [3.63, 3.8) is 0 Å². The van der Waals surface area contributed by atoms with Gasteiger partial charge in [-0.05, 0) is 20.8 Å². The van der Waals surface area contributed by atoms with Crippen molar-refractivity contribution in [2.45, 2.75) is 20.8 Å². The van der Waals surface area contributed by atoms with Crippen molar-refractivity contribution in [3.05, 3.63) is 11.3 Å². The number of carbonyl (C=O) groups excluding carboxylic acids is 1. The number of aryl methyl sites for hydroxylation is 1. The predicted molar refractivity (Wildman–Crippen MR) is 51.9 cm³/mol. The zero-order chi connectivity index (χ0) is 10.7. The molecule has 14 heavy (non-hydrogen) atoms. The second-order valence-corrected chi connectivity index (χ2v) is 3.01. The third-order valence-electron chi connectivity index (χ3n) is 1.50. The number of hydrogen-bond acceptors (Lipinski definition) is 5. The summed E-state index contributed by atoms with van der Waals surface area (Å²) in [6, 6.07) is 0. The van der Waals surface area contributed by atoms with Crippen molar-refractivity contribution < 1.29 is 9.32 Å². The van der Waals surface area contributed by atoms with E-state index in [1.54, 1.807) is 20.8 Å². The average Bonchev–Trinajstić information content (AvgIpc) is 2.42. The minimum atomic E-state index is -0.414. The van der Waals surface area contributed by atoms with Gasteiger partial charge in [-0.3, -0.25) is 4.79 Å². The van der Waals surface area contributed by atoms with Gasteiger partial charge in [0.15, 0.2) is 0 Å². The first-order valence-corrected chi connectivity index (χ1v) is 4.05. The summed E-state index contributed by atoms with van der Waals surface area (Å²) in [5, 5.41) is 7.31. The Bertz CT molecular complexity index is 357. The van der Waals surface area contributed by atoms with Gasteiger partial charge in [0.1, 0.15) is 5.56 Å². The van der Waals surface area contributed by atoms with Gasteiger partial charge in [0, 0.05) is 5.71 Å². The molecule has 0 spiro atoms. The van der Waals surface area contributed by atoms with E-state index in [-0.39, 0.29) is 11.4 Å². The van der Waals surface area contributed by atoms with Crippen molar-refractivity contribution >= 4 is 17.5 Å². The lowest BCUT2D eigenvalue weighted by atomic mass is 10.2. The Balaban J connectivity index is 2.85. The van der Waals surface area contributed by atoms with E-state index in [9.17, 15) is 4.79 Å². The van der Waals surface area contributed by atoms with E-state index in [2.05, 4.69) is 20.2 Å². The third kappa shape index (κ3) is 2.09. The van der Waals surface area contributed by atoms with E-state index in [1.165, 1.54) is 0 Å². The van der Waals surface area contributed by atoms with Crippen LogP contribution in [0.25, 0.3) is 0 Å². The highest BCUT2D eigenvalue weighted by Crippen LogP contribution is 2.14. The van der Waals surface area contributed by atoms with E-state index in [1.807, 2.05) is 0 Å². The van der Waals surface area contributed by atoms with Crippen LogP contribution in [0.1, 0.15) is 29.9 Å². The predicted octanol–water partition coefficient (Wildman–Crippen LogP) is 0.691. The van der Waals surface area contributed by atoms with E-state index in [4.69, 9.17) is 5.73 Å². The lowest BCUT2D eigenvalue weighted by molar-refractivity contribution is 0.0955. The summed E-state index contributed by atoms with van der Waals surface area (Å²) >= 11 is 0. The number of aromatic nitrogens is 1. The van der Waals surface area contributed by atoms with Gasteiger partial charge in [0.05, 0.1) is 5.69 Å². The number of nitrogens with one attached hydrogen (secondary N) is 1. The fraction of sp³-hybridized carbons (Fsp3) is 0.375. The molecule has 3 N–H and O–H groups in total. The fourth-order valence-electron chi connectivity index (χ4n) is 0.882. The van der Waals surface area contributed by atoms with Crippen LogP contribution in [-0.2, 0) is 0 Å². The Morgan fingerprint density at radius 1 is 1.57 bits per heavy atom. The summed E-state index contributed by atoms with van der Waals surface area (Å²) in [6.07, 6.45) is 0. The van der Waals surface area contributed by atoms with E-state index in [0.717, 1.165) is 5.71 Å². The molecule has 0 unspecified atom stereocenters. The molecule has 0 atom stereocenters. The minimum absolute atomic E-state index is 0.00366. The van der Waals surface area contributed by atoms with Gasteiger partial charge in [-0.2, -0.15) is 5.10 Å². The Hall–Kier alpha value is -1.85. The number of carbonyl (C=O) groups is 1. The summed E-state index contributed by atoms with van der Waals surface area (Å²) < 4.78 is 4.64. The Morgan fingerprint density at radius 3 is 2.64 bits per heavy atom. The Kier molecular flexibility index (Phi) is 2.85. The molecule has 6 heteroatoms. The molecule has 0 aliphatic heterocycles. The maximum Gasteiger partial charge on any atom is 0.278 e. The number of nitrogens with zero attached hydrogens (tertiary/aromatic N) is 2. The molecular formula is C8H12N4O2. The van der Waals surface area contributed by atoms with Crippen LogP contribution in [0.5, 0.6) is 0 Å². The van der Waals surface area contributed by atoms with Crippen LogP contribution in [0.15, 0.2) is 9.62 Å². The fourth-order valence-corrected chi connectivity index (χ4v) is 0.882. The van der Waals surface area contributed by atoms with Gasteiger partial charge < -0.3 is 10.3 Å². The SMILES string of the molecule is CC(C)=NNC(=O)c1c(C)noc1N. The molecule has 0 aromatic carbocycles. The van der Waals surface area contributed by atoms with Crippen LogP contribution >= 0.6 is 0 Å². The molecular weight excluding hydrogens is 184 g/mol. The Labute approximate surface area is 81.1 Å². The molecule has 1 aromatic rings. The molecule has 1 heterocycles. The normalized spacial score (nSPS) is 9.64. The van der Waals surface area contributed by atoms with E-state index in [0.29, 0.717) is 5.69 Å². The second-order valence-electron chi connectivity index (χ2n) is 3.01. The Morgan fingerprint density at radius 2 is 2.21 bits per heavy atom. The summed E-state index contributed by atoms with van der Waals surface area (Å²) in [4.78, 5) is 11.5. The largest absolute Gasteiger partial charge is 0.367 e. The van der Waals surface area contributed by atoms with Crippen molar-refractivity contribution in [1.29, 1.82) is 0 Å². The molecule has 1 rings (SSSR count). The molecule has 1 aromatic heterocycles. The van der Waals surface area contributed by atoms with Crippen molar-refractivity contribution in [2.75, 3.05) is 5.73 Å². The number of anilines is 1. The highest BCUT2D eigenvalue weighted by Gasteiger charge is 2.17. The standard InChI is InChI=1S/C8H12N4O2/c1-4(2)10-11-8(13)6-5(3)12-14-7(6)9/h9H2,1-3H3,(H,11,13). The van der Waals surface area contributed by atoms with Crippen LogP contribution in [-0.4, -0.2) is 16.8 Å². The molecule has 0 saturated heterocycles. The van der Waals surface area contributed by atoms with Crippen LogP contribution < -0.4 is 11.2 Å². The number of nitrogens with two attached hydrogens (primary N) is 1. The average molecular weight is 196 g/mol. The second kappa shape index (κ2) is 3.91. The van der Waals surface area contributed by atoms with Crippen LogP contribution in [0.2, 0.25) is 0 Å². The highest BCUT2D eigenvalue weighted by molar-refractivity contribution is 5.99. The number of amides is 1. The summed E-state index contributed by atoms with van der Waals surface area (Å²) in [6.45, 7) is 5.17. The third-order valence-corrected chi connectivity index (χ3v) is 1.50. The van der Waals surface area contributed by atoms with Gasteiger partial charge in [0.25, 0.3) is 5.91 Å². The summed E-state index contributed by atoms with van der Waals surface area (Å²) in [5.41, 5.74) is 9.17. The molecule has 76 valence electrons. The first-order chi connectivity index (χ1) is 6.52. The highest BCUT2D eigenvalue weighted by atomic mass is 16.5. The summed E-state index contributed by atoms with van der Waals surface area (Å²) in [7, 11) is 0. The van der Waals surface area contributed by atoms with Crippen molar-refractivity contribution in [1.82, 2.24) is 10.6 Å². The van der Waals surface area contributed by atoms with Gasteiger partial charge in [-0.1, -0.05) is 5.16 Å². The molecule has 0 aliphatic carbocycles. The quantitative estimate of drug-likeness (QED) is 0.537. The van der Waals surface area contributed by atoms with E-state index >= 15 is 0 Å². The molecule has 0 aliphatic rings. The zero-order valence-corrected chi connectivity index (χ0v) is 8.29. The molecule has 0 radical (unpaired) electrons. The maximum atomic E-state index is 11.5. The van der Waals surface area contributed by atoms with Crippen LogP contribution in [0.4, 0.5) is 5.88 Å². The van der Waals surface area contributed by atoms with Crippen LogP contribution in [0.3, 0.4) is 0 Å². The number of hydrazone groups is 1. The van der Waals surface area contributed by atoms with Gasteiger partial charge in [-0.25, -0.2) is 5.43 Å². The maximum absolute atomic E-state index is 11.5. The first-order valence-electron chi connectivity index (χ1n) is 4.05. The monoisotopic (exact) mass is 196 g/mol. The first kappa shape index (κ1) is 10.2. The van der Waals surface area contributed by atoms with E-state index < -0.39 is 5.91 Å². The number of nitrogen functional groups attached to an aromatic ring is 1. The number of hydrogen-bond donors (Lipinski definition) is 2. The minimum Gasteiger partial charge on any atom is -0.367 e. The van der Waals surface area contributed by atoms with Crippen molar-refractivity contribution in [2.24, 2.45) is 5.10 Å². The molecule has 6 nitrogen and oxygen atoms in total. The molecule has 0 fully saturated rings. The van der Waals surface area contributed by atoms with Crippen molar-refractivity contribution in [3.8, 4) is 0 Å². The van der Waals surface area contributed by atoms with Gasteiger partial charge in [0.2, 0.25) is 5.88 Å². The zero-order valence-electron chi connectivity index (χ0n) is 8.29. The molecule has 0 saturated carbocycles. The smallest absolute Gasteiger partial charge is 0.278 e. The molecule has 1 amide bonds. The lowest BCUT2D eigenvalue weighted by Crippen LogP contribution is -2.20. The topological polar surface area (TPSA) is 93.5 Å². The number of rotatable bonds is 2. The van der Waals surface area contributed by atoms with Crippen LogP contribution in [0, 0.1) is 6.92 Å². The van der Waals surface area contributed by atoms with Gasteiger partial charge >= 0.3 is 0 Å². The molecule has 0 bridgehead atoms.